The van der Waals surface area contributed by atoms with E-state index in [-0.39, 0.29) is 0 Å². The molecule has 0 aromatic carbocycles. The first-order valence-electron chi connectivity index (χ1n) is 3.92. The van der Waals surface area contributed by atoms with Crippen LogP contribution in [-0.2, 0) is 19.2 Å². The van der Waals surface area contributed by atoms with Crippen molar-refractivity contribution in [1.82, 2.24) is 0 Å². The molecule has 0 fully saturated rings. The van der Waals surface area contributed by atoms with Crippen LogP contribution in [-0.4, -0.2) is 25.1 Å². The minimum atomic E-state index is -1.32. The van der Waals surface area contributed by atoms with Gasteiger partial charge in [-0.15, -0.1) is 0 Å². The van der Waals surface area contributed by atoms with Crippen LogP contribution in [0.3, 0.4) is 0 Å². The average molecular weight is 192 g/mol. The Bertz CT molecular complexity index is 272. The third kappa shape index (κ3) is 1.46. The molecule has 0 saturated carbocycles. The van der Waals surface area contributed by atoms with E-state index in [0.717, 1.165) is 0 Å². The summed E-state index contributed by atoms with van der Waals surface area (Å²) in [4.78, 5) is 42.4. The van der Waals surface area contributed by atoms with E-state index >= 15 is 0 Å². The molecule has 0 N–H and O–H groups in total. The summed E-state index contributed by atoms with van der Waals surface area (Å²) < 4.78 is 0. The van der Waals surface area contributed by atoms with E-state index in [2.05, 4.69) is 0 Å². The number of carbonyl (C=O) groups excluding carboxylic acids is 4. The van der Waals surface area contributed by atoms with Gasteiger partial charge in [0, 0.05) is 0 Å². The Morgan fingerprint density at radius 3 is 0.929 bits per heavy atom. The lowest BCUT2D eigenvalue weighted by molar-refractivity contribution is -0.124. The van der Waals surface area contributed by atoms with Gasteiger partial charge in [0.25, 0.3) is 0 Å². The van der Waals surface area contributed by atoms with Crippen molar-refractivity contribution in [3.8, 4) is 0 Å². The van der Waals surface area contributed by atoms with Crippen molar-refractivity contribution in [2.45, 2.75) is 0 Å². The van der Waals surface area contributed by atoms with Crippen molar-refractivity contribution in [2.24, 2.45) is 10.8 Å². The van der Waals surface area contributed by atoms with Gasteiger partial charge in [0.05, 0.1) is 0 Å². The van der Waals surface area contributed by atoms with Crippen LogP contribution in [0.15, 0.2) is 24.3 Å². The summed E-state index contributed by atoms with van der Waals surface area (Å²) in [6.45, 7) is 0. The summed E-state index contributed by atoms with van der Waals surface area (Å²) in [5.41, 5.74) is -2.65. The van der Waals surface area contributed by atoms with Crippen molar-refractivity contribution in [1.29, 1.82) is 0 Å². The molecular weight excluding hydrogens is 184 g/mol. The molecule has 1 rings (SSSR count). The van der Waals surface area contributed by atoms with Gasteiger partial charge in [0.15, 0.2) is 0 Å². The molecule has 0 heterocycles. The maximum absolute atomic E-state index is 10.6. The molecule has 4 nitrogen and oxygen atoms in total. The summed E-state index contributed by atoms with van der Waals surface area (Å²) in [5, 5.41) is 0. The average Bonchev–Trinajstić information content (AvgIpc) is 2.29. The normalized spacial score (nSPS) is 21.1. The number of rotatable bonds is 4. The van der Waals surface area contributed by atoms with Crippen molar-refractivity contribution in [3.05, 3.63) is 24.3 Å². The van der Waals surface area contributed by atoms with Gasteiger partial charge >= 0.3 is 0 Å². The van der Waals surface area contributed by atoms with Crippen LogP contribution in [0.25, 0.3) is 0 Å². The Morgan fingerprint density at radius 2 is 0.786 bits per heavy atom. The van der Waals surface area contributed by atoms with Gasteiger partial charge in [-0.05, 0) is 0 Å². The van der Waals surface area contributed by atoms with Gasteiger partial charge in [-0.1, -0.05) is 24.3 Å². The monoisotopic (exact) mass is 192 g/mol. The van der Waals surface area contributed by atoms with E-state index in [1.54, 1.807) is 0 Å². The summed E-state index contributed by atoms with van der Waals surface area (Å²) in [7, 11) is 0. The summed E-state index contributed by atoms with van der Waals surface area (Å²) in [5.74, 6) is 0. The second-order valence-corrected chi connectivity index (χ2v) is 3.14. The van der Waals surface area contributed by atoms with E-state index in [4.69, 9.17) is 0 Å². The zero-order valence-corrected chi connectivity index (χ0v) is 7.25. The topological polar surface area (TPSA) is 68.3 Å². The second kappa shape index (κ2) is 3.49. The van der Waals surface area contributed by atoms with E-state index in [1.807, 2.05) is 0 Å². The van der Waals surface area contributed by atoms with E-state index in [0.29, 0.717) is 25.1 Å². The first-order chi connectivity index (χ1) is 6.66. The molecule has 0 aliphatic heterocycles. The summed E-state index contributed by atoms with van der Waals surface area (Å²) in [6, 6.07) is 0. The molecule has 0 amide bonds. The minimum Gasteiger partial charge on any atom is -0.302 e. The van der Waals surface area contributed by atoms with E-state index < -0.39 is 10.8 Å². The quantitative estimate of drug-likeness (QED) is 0.354. The molecule has 14 heavy (non-hydrogen) atoms. The van der Waals surface area contributed by atoms with Gasteiger partial charge in [-0.3, -0.25) is 0 Å². The van der Waals surface area contributed by atoms with Gasteiger partial charge in [-0.2, -0.15) is 0 Å². The lowest BCUT2D eigenvalue weighted by Gasteiger charge is -2.22. The predicted molar refractivity (Wildman–Crippen MR) is 47.4 cm³/mol. The molecule has 0 aromatic heterocycles. The van der Waals surface area contributed by atoms with Gasteiger partial charge in [-0.25, -0.2) is 0 Å². The largest absolute Gasteiger partial charge is 0.302 e. The van der Waals surface area contributed by atoms with E-state index in [1.165, 1.54) is 24.3 Å². The summed E-state index contributed by atoms with van der Waals surface area (Å²) >= 11 is 0. The zero-order chi connectivity index (χ0) is 10.7. The highest BCUT2D eigenvalue weighted by molar-refractivity contribution is 5.95. The Labute approximate surface area is 80.3 Å². The van der Waals surface area contributed by atoms with Gasteiger partial charge in [0.2, 0.25) is 0 Å². The highest BCUT2D eigenvalue weighted by Crippen LogP contribution is 2.28. The second-order valence-electron chi connectivity index (χ2n) is 3.14. The highest BCUT2D eigenvalue weighted by atomic mass is 16.1. The molecule has 1 aliphatic rings. The first-order valence-corrected chi connectivity index (χ1v) is 3.92. The third-order valence-corrected chi connectivity index (χ3v) is 2.14. The zero-order valence-electron chi connectivity index (χ0n) is 7.25. The fourth-order valence-corrected chi connectivity index (χ4v) is 1.06. The predicted octanol–water partition coefficient (Wildman–Crippen LogP) is -0.119. The standard InChI is InChI=1S/C10H8O4/c11-5-9(6-12)1-2-10(7-13,8-14)4-3-9/h1-8H. The first kappa shape index (κ1) is 10.2. The Balaban J connectivity index is 3.09. The number of carbonyl (C=O) groups is 4. The number of hydrogen-bond acceptors (Lipinski definition) is 4. The molecule has 72 valence electrons. The number of aldehydes is 4. The van der Waals surface area contributed by atoms with E-state index in [9.17, 15) is 19.2 Å². The molecule has 0 radical (unpaired) electrons. The van der Waals surface area contributed by atoms with Crippen LogP contribution in [0.5, 0.6) is 0 Å². The molecule has 0 aromatic rings. The van der Waals surface area contributed by atoms with Crippen molar-refractivity contribution in [2.75, 3.05) is 0 Å². The SMILES string of the molecule is O=CC1(C=O)C=CC(C=O)(C=O)C=C1. The Morgan fingerprint density at radius 1 is 0.571 bits per heavy atom. The molecule has 0 saturated heterocycles. The Hall–Kier alpha value is -1.84. The van der Waals surface area contributed by atoms with Crippen molar-refractivity contribution in [3.63, 3.8) is 0 Å². The number of hydrogen-bond donors (Lipinski definition) is 0. The van der Waals surface area contributed by atoms with Gasteiger partial charge < -0.3 is 19.2 Å². The molecule has 0 atom stereocenters. The molecule has 0 unspecified atom stereocenters. The molecule has 1 aliphatic carbocycles. The fraction of sp³-hybridized carbons (Fsp3) is 0.200. The minimum absolute atomic E-state index is 0.451. The molecule has 0 spiro atoms. The van der Waals surface area contributed by atoms with Crippen LogP contribution in [0.2, 0.25) is 0 Å². The lowest BCUT2D eigenvalue weighted by atomic mass is 9.78. The number of allylic oxidation sites excluding steroid dienone is 4. The summed E-state index contributed by atoms with van der Waals surface area (Å²) in [6.07, 6.45) is 6.79. The Kier molecular flexibility index (Phi) is 2.56. The maximum atomic E-state index is 10.6. The maximum Gasteiger partial charge on any atom is 0.140 e. The van der Waals surface area contributed by atoms with Crippen LogP contribution in [0, 0.1) is 10.8 Å². The van der Waals surface area contributed by atoms with Crippen LogP contribution < -0.4 is 0 Å². The smallest absolute Gasteiger partial charge is 0.140 e. The van der Waals surface area contributed by atoms with Crippen molar-refractivity contribution >= 4 is 25.1 Å². The third-order valence-electron chi connectivity index (χ3n) is 2.14. The highest BCUT2D eigenvalue weighted by Gasteiger charge is 2.33. The van der Waals surface area contributed by atoms with Crippen LogP contribution in [0.1, 0.15) is 0 Å². The van der Waals surface area contributed by atoms with Crippen LogP contribution >= 0.6 is 0 Å². The van der Waals surface area contributed by atoms with Gasteiger partial charge in [0.1, 0.15) is 36.0 Å². The van der Waals surface area contributed by atoms with Crippen LogP contribution in [0.4, 0.5) is 0 Å². The molecular formula is C10H8O4. The molecule has 0 bridgehead atoms. The fourth-order valence-electron chi connectivity index (χ4n) is 1.06. The van der Waals surface area contributed by atoms with Crippen molar-refractivity contribution < 1.29 is 19.2 Å². The molecule has 4 heteroatoms. The lowest BCUT2D eigenvalue weighted by Crippen LogP contribution is -2.28.